The minimum atomic E-state index is 0. The van der Waals surface area contributed by atoms with Gasteiger partial charge in [0.05, 0.1) is 25.5 Å². The predicted octanol–water partition coefficient (Wildman–Crippen LogP) is 2.90. The normalized spacial score (nSPS) is 14.5. The number of halogens is 1. The molecule has 8 nitrogen and oxygen atoms in total. The summed E-state index contributed by atoms with van der Waals surface area (Å²) in [5, 5.41) is 10.6. The zero-order valence-corrected chi connectivity index (χ0v) is 22.1. The van der Waals surface area contributed by atoms with E-state index in [1.807, 2.05) is 31.2 Å². The molecule has 0 aliphatic carbocycles. The first-order chi connectivity index (χ1) is 15.0. The number of aliphatic imine (C=N–C) groups is 1. The average Bonchev–Trinajstić information content (AvgIpc) is 3.10. The van der Waals surface area contributed by atoms with Gasteiger partial charge in [-0.25, -0.2) is 4.98 Å². The highest BCUT2D eigenvalue weighted by atomic mass is 127. The Morgan fingerprint density at radius 3 is 2.66 bits per heavy atom. The van der Waals surface area contributed by atoms with Crippen LogP contribution in [-0.2, 0) is 22.6 Å². The molecule has 1 aliphatic heterocycles. The number of anilines is 1. The summed E-state index contributed by atoms with van der Waals surface area (Å²) < 4.78 is 5.34. The molecule has 0 unspecified atom stereocenters. The number of carbonyl (C=O) groups is 1. The van der Waals surface area contributed by atoms with Crippen LogP contribution in [0.25, 0.3) is 0 Å². The number of aromatic nitrogens is 1. The summed E-state index contributed by atoms with van der Waals surface area (Å²) in [6.45, 7) is 9.39. The van der Waals surface area contributed by atoms with Gasteiger partial charge in [-0.15, -0.1) is 35.3 Å². The molecule has 0 spiro atoms. The number of benzene rings is 1. The molecule has 0 saturated carbocycles. The third-order valence-corrected chi connectivity index (χ3v) is 6.21. The lowest BCUT2D eigenvalue weighted by molar-refractivity contribution is -0.116. The van der Waals surface area contributed by atoms with Crippen molar-refractivity contribution in [1.29, 1.82) is 0 Å². The van der Waals surface area contributed by atoms with Crippen molar-refractivity contribution in [1.82, 2.24) is 20.5 Å². The zero-order valence-electron chi connectivity index (χ0n) is 18.9. The maximum absolute atomic E-state index is 12.3. The summed E-state index contributed by atoms with van der Waals surface area (Å²) >= 11 is 1.70. The van der Waals surface area contributed by atoms with E-state index in [2.05, 4.69) is 37.8 Å². The van der Waals surface area contributed by atoms with Crippen LogP contribution in [-0.4, -0.2) is 61.6 Å². The third kappa shape index (κ3) is 8.64. The Balaban J connectivity index is 0.00000363. The topological polar surface area (TPSA) is 90.9 Å². The molecule has 1 fully saturated rings. The van der Waals surface area contributed by atoms with Crippen LogP contribution in [0.15, 0.2) is 29.3 Å². The number of morpholine rings is 1. The van der Waals surface area contributed by atoms with Gasteiger partial charge in [-0.2, -0.15) is 0 Å². The molecular formula is C22H33IN6O2S. The lowest BCUT2D eigenvalue weighted by Crippen LogP contribution is -2.38. The summed E-state index contributed by atoms with van der Waals surface area (Å²) in [5.41, 5.74) is 2.95. The Bertz CT molecular complexity index is 879. The Morgan fingerprint density at radius 2 is 1.97 bits per heavy atom. The number of thiazole rings is 1. The highest BCUT2D eigenvalue weighted by Crippen LogP contribution is 2.16. The first-order valence-corrected chi connectivity index (χ1v) is 11.4. The number of amides is 1. The first kappa shape index (κ1) is 26.5. The summed E-state index contributed by atoms with van der Waals surface area (Å²) in [5.74, 6) is 0.744. The number of carbonyl (C=O) groups excluding carboxylic acids is 1. The molecule has 0 bridgehead atoms. The van der Waals surface area contributed by atoms with Crippen LogP contribution in [0.4, 0.5) is 5.69 Å². The zero-order chi connectivity index (χ0) is 22.1. The van der Waals surface area contributed by atoms with Gasteiger partial charge in [-0.3, -0.25) is 14.7 Å². The van der Waals surface area contributed by atoms with Crippen molar-refractivity contribution in [2.24, 2.45) is 4.99 Å². The maximum atomic E-state index is 12.3. The number of ether oxygens (including phenoxy) is 1. The van der Waals surface area contributed by atoms with E-state index in [1.165, 1.54) is 4.88 Å². The predicted molar refractivity (Wildman–Crippen MR) is 141 cm³/mol. The van der Waals surface area contributed by atoms with Crippen LogP contribution in [0, 0.1) is 13.8 Å². The van der Waals surface area contributed by atoms with Crippen molar-refractivity contribution in [3.05, 3.63) is 45.4 Å². The summed E-state index contributed by atoms with van der Waals surface area (Å²) in [4.78, 5) is 24.6. The number of aryl methyl sites for hydroxylation is 2. The number of hydrogen-bond acceptors (Lipinski definition) is 6. The molecule has 176 valence electrons. The molecule has 1 aromatic heterocycles. The lowest BCUT2D eigenvalue weighted by Gasteiger charge is -2.26. The van der Waals surface area contributed by atoms with E-state index in [-0.39, 0.29) is 29.9 Å². The smallest absolute Gasteiger partial charge is 0.225 e. The van der Waals surface area contributed by atoms with Gasteiger partial charge in [0.1, 0.15) is 5.01 Å². The number of rotatable bonds is 8. The van der Waals surface area contributed by atoms with Crippen LogP contribution in [0.5, 0.6) is 0 Å². The van der Waals surface area contributed by atoms with Crippen LogP contribution < -0.4 is 16.0 Å². The molecule has 3 N–H and O–H groups in total. The van der Waals surface area contributed by atoms with Gasteiger partial charge in [0.15, 0.2) is 5.96 Å². The average molecular weight is 573 g/mol. The first-order valence-electron chi connectivity index (χ1n) is 10.6. The van der Waals surface area contributed by atoms with Gasteiger partial charge in [-0.05, 0) is 31.5 Å². The van der Waals surface area contributed by atoms with E-state index in [0.717, 1.165) is 54.8 Å². The molecule has 0 radical (unpaired) electrons. The summed E-state index contributed by atoms with van der Waals surface area (Å²) in [6.07, 6.45) is 0.481. The second-order valence-electron chi connectivity index (χ2n) is 7.48. The molecule has 3 rings (SSSR count). The van der Waals surface area contributed by atoms with E-state index >= 15 is 0 Å². The van der Waals surface area contributed by atoms with Gasteiger partial charge in [0.2, 0.25) is 5.91 Å². The largest absolute Gasteiger partial charge is 0.379 e. The van der Waals surface area contributed by atoms with Crippen molar-refractivity contribution in [2.45, 2.75) is 33.4 Å². The molecule has 2 aromatic rings. The summed E-state index contributed by atoms with van der Waals surface area (Å²) in [7, 11) is 1.75. The molecular weight excluding hydrogens is 539 g/mol. The molecule has 1 saturated heterocycles. The van der Waals surface area contributed by atoms with Crippen LogP contribution >= 0.6 is 35.3 Å². The van der Waals surface area contributed by atoms with Gasteiger partial charge in [-0.1, -0.05) is 12.1 Å². The molecule has 1 aromatic carbocycles. The van der Waals surface area contributed by atoms with Crippen molar-refractivity contribution in [3.8, 4) is 0 Å². The second-order valence-corrected chi connectivity index (χ2v) is 8.77. The Hall–Kier alpha value is -1.76. The monoisotopic (exact) mass is 572 g/mol. The fraction of sp³-hybridized carbons (Fsp3) is 0.500. The quantitative estimate of drug-likeness (QED) is 0.256. The Labute approximate surface area is 211 Å². The standard InChI is InChI=1S/C22H32N6O2S.HI/c1-16-17(2)31-21(26-16)15-25-22(23-3)24-14-18-5-4-6-19(13-18)27-20(29)7-8-28-9-11-30-12-10-28;/h4-6,13H,7-12,14-15H2,1-3H3,(H,27,29)(H2,23,24,25);1H. The molecule has 2 heterocycles. The van der Waals surface area contributed by atoms with Crippen molar-refractivity contribution < 1.29 is 9.53 Å². The molecule has 10 heteroatoms. The number of nitrogens with one attached hydrogen (secondary N) is 3. The second kappa shape index (κ2) is 13.7. The van der Waals surface area contributed by atoms with Gasteiger partial charge >= 0.3 is 0 Å². The minimum Gasteiger partial charge on any atom is -0.379 e. The lowest BCUT2D eigenvalue weighted by atomic mass is 10.2. The maximum Gasteiger partial charge on any atom is 0.225 e. The van der Waals surface area contributed by atoms with Gasteiger partial charge < -0.3 is 20.7 Å². The molecule has 1 aliphatic rings. The molecule has 0 atom stereocenters. The van der Waals surface area contributed by atoms with E-state index < -0.39 is 0 Å². The summed E-state index contributed by atoms with van der Waals surface area (Å²) in [6, 6.07) is 7.87. The van der Waals surface area contributed by atoms with Crippen LogP contribution in [0.2, 0.25) is 0 Å². The SMILES string of the molecule is CN=C(NCc1cccc(NC(=O)CCN2CCOCC2)c1)NCc1nc(C)c(C)s1.I. The fourth-order valence-electron chi connectivity index (χ4n) is 3.25. The van der Waals surface area contributed by atoms with Crippen molar-refractivity contribution in [2.75, 3.05) is 45.2 Å². The van der Waals surface area contributed by atoms with Crippen molar-refractivity contribution in [3.63, 3.8) is 0 Å². The van der Waals surface area contributed by atoms with Crippen LogP contribution in [0.1, 0.15) is 27.6 Å². The highest BCUT2D eigenvalue weighted by Gasteiger charge is 2.12. The number of nitrogens with zero attached hydrogens (tertiary/aromatic N) is 3. The Kier molecular flexibility index (Phi) is 11.4. The third-order valence-electron chi connectivity index (χ3n) is 5.13. The van der Waals surface area contributed by atoms with E-state index in [0.29, 0.717) is 25.5 Å². The number of hydrogen-bond donors (Lipinski definition) is 3. The van der Waals surface area contributed by atoms with Gasteiger partial charge in [0, 0.05) is 50.2 Å². The number of guanidine groups is 1. The minimum absolute atomic E-state index is 0. The van der Waals surface area contributed by atoms with E-state index in [4.69, 9.17) is 4.74 Å². The fourth-order valence-corrected chi connectivity index (χ4v) is 4.12. The molecule has 32 heavy (non-hydrogen) atoms. The molecule has 1 amide bonds. The van der Waals surface area contributed by atoms with Crippen LogP contribution in [0.3, 0.4) is 0 Å². The van der Waals surface area contributed by atoms with Gasteiger partial charge in [0.25, 0.3) is 0 Å². The highest BCUT2D eigenvalue weighted by molar-refractivity contribution is 14.0. The van der Waals surface area contributed by atoms with E-state index in [9.17, 15) is 4.79 Å². The van der Waals surface area contributed by atoms with E-state index in [1.54, 1.807) is 18.4 Å². The van der Waals surface area contributed by atoms with Crippen molar-refractivity contribution >= 4 is 52.9 Å². The Morgan fingerprint density at radius 1 is 1.22 bits per heavy atom.